The maximum atomic E-state index is 4.29. The molecule has 5 heteroatoms. The lowest BCUT2D eigenvalue weighted by molar-refractivity contribution is 0.570. The largest absolute Gasteiger partial charge is 0.315 e. The van der Waals surface area contributed by atoms with Crippen LogP contribution in [-0.2, 0) is 6.42 Å². The Hall–Kier alpha value is -1.75. The van der Waals surface area contributed by atoms with Gasteiger partial charge >= 0.3 is 0 Å². The highest BCUT2D eigenvalue weighted by Crippen LogP contribution is 2.06. The van der Waals surface area contributed by atoms with Gasteiger partial charge in [-0.1, -0.05) is 13.8 Å². The molecule has 2 rings (SSSR count). The van der Waals surface area contributed by atoms with Crippen molar-refractivity contribution < 1.29 is 0 Å². The van der Waals surface area contributed by atoms with Gasteiger partial charge in [-0.15, -0.1) is 5.10 Å². The van der Waals surface area contributed by atoms with Crippen LogP contribution in [0.1, 0.15) is 25.8 Å². The first-order chi connectivity index (χ1) is 8.75. The molecule has 2 aromatic rings. The molecule has 0 aromatic carbocycles. The van der Waals surface area contributed by atoms with Crippen molar-refractivity contribution in [3.05, 3.63) is 36.3 Å². The Morgan fingerprint density at radius 2 is 2.28 bits per heavy atom. The zero-order valence-electron chi connectivity index (χ0n) is 10.9. The summed E-state index contributed by atoms with van der Waals surface area (Å²) in [6.45, 7) is 5.35. The standard InChI is InChI=1S/C13H19N5/c1-11(2)14-7-3-5-12-9-16-18(10-12)13-6-4-8-15-17-13/h4,6,8-11,14H,3,5,7H2,1-2H3. The van der Waals surface area contributed by atoms with Crippen molar-refractivity contribution in [2.45, 2.75) is 32.7 Å². The van der Waals surface area contributed by atoms with E-state index in [1.54, 1.807) is 10.9 Å². The van der Waals surface area contributed by atoms with Crippen LogP contribution in [0.2, 0.25) is 0 Å². The minimum absolute atomic E-state index is 0.548. The summed E-state index contributed by atoms with van der Waals surface area (Å²) in [7, 11) is 0. The normalized spacial score (nSPS) is 11.1. The number of aromatic nitrogens is 4. The van der Waals surface area contributed by atoms with E-state index in [0.29, 0.717) is 6.04 Å². The third kappa shape index (κ3) is 3.63. The number of aryl methyl sites for hydroxylation is 1. The maximum absolute atomic E-state index is 4.29. The summed E-state index contributed by atoms with van der Waals surface area (Å²) in [4.78, 5) is 0. The van der Waals surface area contributed by atoms with Gasteiger partial charge < -0.3 is 5.32 Å². The first kappa shape index (κ1) is 12.7. The molecular weight excluding hydrogens is 226 g/mol. The van der Waals surface area contributed by atoms with E-state index >= 15 is 0 Å². The quantitative estimate of drug-likeness (QED) is 0.785. The first-order valence-electron chi connectivity index (χ1n) is 6.30. The molecule has 0 aliphatic rings. The summed E-state index contributed by atoms with van der Waals surface area (Å²) in [6.07, 6.45) is 7.71. The minimum Gasteiger partial charge on any atom is -0.315 e. The fourth-order valence-electron chi connectivity index (χ4n) is 1.71. The van der Waals surface area contributed by atoms with Gasteiger partial charge in [0.1, 0.15) is 0 Å². The monoisotopic (exact) mass is 245 g/mol. The maximum Gasteiger partial charge on any atom is 0.175 e. The second-order valence-corrected chi connectivity index (χ2v) is 4.59. The molecule has 0 aliphatic carbocycles. The molecule has 2 aromatic heterocycles. The van der Waals surface area contributed by atoms with Crippen LogP contribution < -0.4 is 5.32 Å². The number of rotatable bonds is 6. The Balaban J connectivity index is 1.87. The van der Waals surface area contributed by atoms with Crippen LogP contribution >= 0.6 is 0 Å². The molecule has 0 saturated heterocycles. The van der Waals surface area contributed by atoms with Crippen molar-refractivity contribution in [1.82, 2.24) is 25.3 Å². The van der Waals surface area contributed by atoms with Crippen molar-refractivity contribution in [3.63, 3.8) is 0 Å². The van der Waals surface area contributed by atoms with Crippen LogP contribution in [0.3, 0.4) is 0 Å². The third-order valence-electron chi connectivity index (χ3n) is 2.62. The van der Waals surface area contributed by atoms with E-state index < -0.39 is 0 Å². The Labute approximate surface area is 107 Å². The molecule has 0 radical (unpaired) electrons. The van der Waals surface area contributed by atoms with Gasteiger partial charge in [-0.2, -0.15) is 10.2 Å². The smallest absolute Gasteiger partial charge is 0.175 e. The molecule has 0 bridgehead atoms. The van der Waals surface area contributed by atoms with Crippen molar-refractivity contribution >= 4 is 0 Å². The molecule has 1 N–H and O–H groups in total. The van der Waals surface area contributed by atoms with Gasteiger partial charge in [-0.25, -0.2) is 4.68 Å². The second-order valence-electron chi connectivity index (χ2n) is 4.59. The van der Waals surface area contributed by atoms with Crippen molar-refractivity contribution in [1.29, 1.82) is 0 Å². The number of nitrogens with zero attached hydrogens (tertiary/aromatic N) is 4. The summed E-state index contributed by atoms with van der Waals surface area (Å²) < 4.78 is 1.76. The third-order valence-corrected chi connectivity index (χ3v) is 2.62. The Bertz CT molecular complexity index is 463. The van der Waals surface area contributed by atoms with Gasteiger partial charge in [0.2, 0.25) is 0 Å². The Morgan fingerprint density at radius 1 is 1.39 bits per heavy atom. The van der Waals surface area contributed by atoms with Crippen LogP contribution in [0, 0.1) is 0 Å². The van der Waals surface area contributed by atoms with E-state index in [9.17, 15) is 0 Å². The lowest BCUT2D eigenvalue weighted by atomic mass is 10.2. The van der Waals surface area contributed by atoms with Crippen LogP contribution in [0.25, 0.3) is 5.82 Å². The molecule has 0 aliphatic heterocycles. The number of hydrogen-bond donors (Lipinski definition) is 1. The van der Waals surface area contributed by atoms with Crippen molar-refractivity contribution in [3.8, 4) is 5.82 Å². The van der Waals surface area contributed by atoms with E-state index in [1.165, 1.54) is 5.56 Å². The van der Waals surface area contributed by atoms with Crippen molar-refractivity contribution in [2.75, 3.05) is 6.54 Å². The summed E-state index contributed by atoms with van der Waals surface area (Å²) in [5.41, 5.74) is 1.23. The summed E-state index contributed by atoms with van der Waals surface area (Å²) in [6, 6.07) is 4.30. The van der Waals surface area contributed by atoms with Crippen LogP contribution in [0.5, 0.6) is 0 Å². The van der Waals surface area contributed by atoms with Gasteiger partial charge in [0.25, 0.3) is 0 Å². The fraction of sp³-hybridized carbons (Fsp3) is 0.462. The fourth-order valence-corrected chi connectivity index (χ4v) is 1.71. The van der Waals surface area contributed by atoms with E-state index in [1.807, 2.05) is 24.5 Å². The minimum atomic E-state index is 0.548. The lowest BCUT2D eigenvalue weighted by Gasteiger charge is -2.06. The molecule has 0 amide bonds. The lowest BCUT2D eigenvalue weighted by Crippen LogP contribution is -2.23. The molecule has 0 atom stereocenters. The molecule has 5 nitrogen and oxygen atoms in total. The average Bonchev–Trinajstić information content (AvgIpc) is 2.84. The Kier molecular flexibility index (Phi) is 4.41. The molecule has 0 spiro atoms. The van der Waals surface area contributed by atoms with Crippen LogP contribution in [0.15, 0.2) is 30.7 Å². The molecule has 18 heavy (non-hydrogen) atoms. The van der Waals surface area contributed by atoms with E-state index in [4.69, 9.17) is 0 Å². The zero-order valence-corrected chi connectivity index (χ0v) is 10.9. The molecule has 0 unspecified atom stereocenters. The summed E-state index contributed by atoms with van der Waals surface area (Å²) in [5, 5.41) is 15.6. The van der Waals surface area contributed by atoms with Crippen molar-refractivity contribution in [2.24, 2.45) is 0 Å². The molecule has 2 heterocycles. The van der Waals surface area contributed by atoms with Gasteiger partial charge in [-0.05, 0) is 37.1 Å². The average molecular weight is 245 g/mol. The van der Waals surface area contributed by atoms with Gasteiger partial charge in [-0.3, -0.25) is 0 Å². The van der Waals surface area contributed by atoms with E-state index in [2.05, 4.69) is 34.5 Å². The highest BCUT2D eigenvalue weighted by Gasteiger charge is 2.02. The highest BCUT2D eigenvalue weighted by atomic mass is 15.3. The van der Waals surface area contributed by atoms with Crippen LogP contribution in [0.4, 0.5) is 0 Å². The zero-order chi connectivity index (χ0) is 12.8. The van der Waals surface area contributed by atoms with E-state index in [0.717, 1.165) is 25.2 Å². The Morgan fingerprint density at radius 3 is 3.00 bits per heavy atom. The summed E-state index contributed by atoms with van der Waals surface area (Å²) >= 11 is 0. The van der Waals surface area contributed by atoms with E-state index in [-0.39, 0.29) is 0 Å². The molecule has 0 saturated carbocycles. The van der Waals surface area contributed by atoms with Gasteiger partial charge in [0, 0.05) is 18.4 Å². The predicted molar refractivity (Wildman–Crippen MR) is 70.6 cm³/mol. The first-order valence-corrected chi connectivity index (χ1v) is 6.30. The van der Waals surface area contributed by atoms with Gasteiger partial charge in [0.05, 0.1) is 6.20 Å². The molecule has 0 fully saturated rings. The number of nitrogens with one attached hydrogen (secondary N) is 1. The highest BCUT2D eigenvalue weighted by molar-refractivity contribution is 5.20. The summed E-state index contributed by atoms with van der Waals surface area (Å²) in [5.74, 6) is 0.754. The predicted octanol–water partition coefficient (Wildman–Crippen LogP) is 1.59. The molecule has 96 valence electrons. The van der Waals surface area contributed by atoms with Crippen LogP contribution in [-0.4, -0.2) is 32.6 Å². The topological polar surface area (TPSA) is 55.6 Å². The van der Waals surface area contributed by atoms with Gasteiger partial charge in [0.15, 0.2) is 5.82 Å². The SMILES string of the molecule is CC(C)NCCCc1cnn(-c2cccnn2)c1. The molecular formula is C13H19N5. The number of hydrogen-bond acceptors (Lipinski definition) is 4. The second kappa shape index (κ2) is 6.26.